The van der Waals surface area contributed by atoms with Crippen LogP contribution in [0.3, 0.4) is 0 Å². The van der Waals surface area contributed by atoms with E-state index in [4.69, 9.17) is 4.74 Å². The van der Waals surface area contributed by atoms with Crippen LogP contribution in [0.5, 0.6) is 11.5 Å². The Morgan fingerprint density at radius 3 is 2.29 bits per heavy atom. The topological polar surface area (TPSA) is 18.5 Å². The molecular weight excluding hydrogens is 197 g/mol. The van der Waals surface area contributed by atoms with Crippen LogP contribution < -0.4 is 9.47 Å². The minimum atomic E-state index is -3.81. The first-order valence-corrected chi connectivity index (χ1v) is 3.85. The standard InChI is InChI=1S/C9H9F3O2/c1-13-7-4-2-3-5-8(7)14-9(11,12)6-10/h2-5H,6H2,1H3. The zero-order chi connectivity index (χ0) is 10.6. The molecule has 0 aliphatic rings. The van der Waals surface area contributed by atoms with E-state index in [2.05, 4.69) is 4.74 Å². The number of hydrogen-bond donors (Lipinski definition) is 0. The molecule has 2 nitrogen and oxygen atoms in total. The molecule has 0 amide bonds. The van der Waals surface area contributed by atoms with Crippen LogP contribution in [0, 0.1) is 0 Å². The molecule has 0 saturated carbocycles. The van der Waals surface area contributed by atoms with Crippen LogP contribution in [0.4, 0.5) is 13.2 Å². The van der Waals surface area contributed by atoms with Gasteiger partial charge in [-0.05, 0) is 12.1 Å². The van der Waals surface area contributed by atoms with Crippen molar-refractivity contribution in [2.75, 3.05) is 13.8 Å². The Bertz CT molecular complexity index is 302. The average molecular weight is 206 g/mol. The van der Waals surface area contributed by atoms with E-state index in [1.165, 1.54) is 25.3 Å². The van der Waals surface area contributed by atoms with Crippen LogP contribution in [0.25, 0.3) is 0 Å². The monoisotopic (exact) mass is 206 g/mol. The van der Waals surface area contributed by atoms with Crippen LogP contribution in [-0.4, -0.2) is 19.9 Å². The fourth-order valence-corrected chi connectivity index (χ4v) is 0.891. The number of alkyl halides is 3. The van der Waals surface area contributed by atoms with Crippen molar-refractivity contribution in [2.24, 2.45) is 0 Å². The average Bonchev–Trinajstić information content (AvgIpc) is 2.18. The smallest absolute Gasteiger partial charge is 0.427 e. The molecule has 0 saturated heterocycles. The number of benzene rings is 1. The van der Waals surface area contributed by atoms with Gasteiger partial charge in [-0.25, -0.2) is 4.39 Å². The zero-order valence-corrected chi connectivity index (χ0v) is 7.47. The fraction of sp³-hybridized carbons (Fsp3) is 0.333. The summed E-state index contributed by atoms with van der Waals surface area (Å²) in [6.07, 6.45) is -3.81. The molecule has 0 bridgehead atoms. The highest BCUT2D eigenvalue weighted by Gasteiger charge is 2.32. The number of methoxy groups -OCH3 is 1. The van der Waals surface area contributed by atoms with Gasteiger partial charge in [-0.15, -0.1) is 0 Å². The molecule has 0 aromatic heterocycles. The summed E-state index contributed by atoms with van der Waals surface area (Å²) >= 11 is 0. The van der Waals surface area contributed by atoms with Crippen LogP contribution in [-0.2, 0) is 0 Å². The predicted molar refractivity (Wildman–Crippen MR) is 44.5 cm³/mol. The molecule has 0 aliphatic heterocycles. The van der Waals surface area contributed by atoms with Gasteiger partial charge in [0.05, 0.1) is 7.11 Å². The minimum Gasteiger partial charge on any atom is -0.493 e. The van der Waals surface area contributed by atoms with Gasteiger partial charge in [0.2, 0.25) is 0 Å². The van der Waals surface area contributed by atoms with Crippen molar-refractivity contribution in [3.05, 3.63) is 24.3 Å². The van der Waals surface area contributed by atoms with Crippen molar-refractivity contribution in [3.63, 3.8) is 0 Å². The lowest BCUT2D eigenvalue weighted by atomic mass is 10.3. The van der Waals surface area contributed by atoms with Crippen molar-refractivity contribution >= 4 is 0 Å². The molecule has 0 unspecified atom stereocenters. The molecule has 5 heteroatoms. The molecule has 0 radical (unpaired) electrons. The lowest BCUT2D eigenvalue weighted by molar-refractivity contribution is -0.187. The second-order valence-electron chi connectivity index (χ2n) is 2.52. The van der Waals surface area contributed by atoms with E-state index in [0.29, 0.717) is 0 Å². The fourth-order valence-electron chi connectivity index (χ4n) is 0.891. The number of halogens is 3. The molecule has 78 valence electrons. The summed E-state index contributed by atoms with van der Waals surface area (Å²) in [5.41, 5.74) is 0. The Labute approximate surface area is 79.2 Å². The maximum absolute atomic E-state index is 12.5. The summed E-state index contributed by atoms with van der Waals surface area (Å²) < 4.78 is 45.7. The first kappa shape index (κ1) is 10.7. The third-order valence-corrected chi connectivity index (χ3v) is 1.48. The van der Waals surface area contributed by atoms with Crippen LogP contribution in [0.15, 0.2) is 24.3 Å². The van der Waals surface area contributed by atoms with E-state index < -0.39 is 12.8 Å². The van der Waals surface area contributed by atoms with Crippen LogP contribution in [0.2, 0.25) is 0 Å². The molecule has 1 aromatic rings. The Balaban J connectivity index is 2.85. The maximum atomic E-state index is 12.5. The van der Waals surface area contributed by atoms with Crippen LogP contribution >= 0.6 is 0 Å². The van der Waals surface area contributed by atoms with Crippen molar-refractivity contribution < 1.29 is 22.6 Å². The van der Waals surface area contributed by atoms with E-state index in [0.717, 1.165) is 0 Å². The minimum absolute atomic E-state index is 0.139. The Morgan fingerprint density at radius 2 is 1.79 bits per heavy atom. The Morgan fingerprint density at radius 1 is 1.21 bits per heavy atom. The zero-order valence-electron chi connectivity index (χ0n) is 7.47. The van der Waals surface area contributed by atoms with E-state index >= 15 is 0 Å². The SMILES string of the molecule is COc1ccccc1OC(F)(F)CF. The highest BCUT2D eigenvalue weighted by molar-refractivity contribution is 5.39. The molecule has 1 aromatic carbocycles. The van der Waals surface area contributed by atoms with Gasteiger partial charge in [-0.2, -0.15) is 8.78 Å². The lowest BCUT2D eigenvalue weighted by Crippen LogP contribution is -2.27. The van der Waals surface area contributed by atoms with Gasteiger partial charge >= 0.3 is 6.11 Å². The van der Waals surface area contributed by atoms with Gasteiger partial charge in [-0.3, -0.25) is 0 Å². The predicted octanol–water partition coefficient (Wildman–Crippen LogP) is 2.64. The molecule has 14 heavy (non-hydrogen) atoms. The Kier molecular flexibility index (Phi) is 3.22. The second kappa shape index (κ2) is 4.21. The van der Waals surface area contributed by atoms with E-state index in [9.17, 15) is 13.2 Å². The van der Waals surface area contributed by atoms with Crippen LogP contribution in [0.1, 0.15) is 0 Å². The Hall–Kier alpha value is -1.39. The summed E-state index contributed by atoms with van der Waals surface area (Å²) in [4.78, 5) is 0. The van der Waals surface area contributed by atoms with Gasteiger partial charge in [0.15, 0.2) is 18.2 Å². The van der Waals surface area contributed by atoms with E-state index in [-0.39, 0.29) is 11.5 Å². The summed E-state index contributed by atoms with van der Waals surface area (Å²) in [7, 11) is 1.32. The summed E-state index contributed by atoms with van der Waals surface area (Å²) in [5, 5.41) is 0. The number of para-hydroxylation sites is 2. The molecule has 0 aliphatic carbocycles. The van der Waals surface area contributed by atoms with Gasteiger partial charge < -0.3 is 9.47 Å². The molecule has 0 fully saturated rings. The number of ether oxygens (including phenoxy) is 2. The molecule has 0 heterocycles. The highest BCUT2D eigenvalue weighted by atomic mass is 19.3. The molecular formula is C9H9F3O2. The highest BCUT2D eigenvalue weighted by Crippen LogP contribution is 2.30. The summed E-state index contributed by atoms with van der Waals surface area (Å²) in [6, 6.07) is 5.82. The second-order valence-corrected chi connectivity index (χ2v) is 2.52. The third kappa shape index (κ3) is 2.55. The maximum Gasteiger partial charge on any atom is 0.427 e. The quantitative estimate of drug-likeness (QED) is 0.753. The normalized spacial score (nSPS) is 11.1. The molecule has 1 rings (SSSR count). The van der Waals surface area contributed by atoms with Gasteiger partial charge in [-0.1, -0.05) is 12.1 Å². The lowest BCUT2D eigenvalue weighted by Gasteiger charge is -2.16. The molecule has 0 spiro atoms. The molecule has 0 atom stereocenters. The third-order valence-electron chi connectivity index (χ3n) is 1.48. The van der Waals surface area contributed by atoms with Crippen molar-refractivity contribution in [1.82, 2.24) is 0 Å². The number of hydrogen-bond acceptors (Lipinski definition) is 2. The van der Waals surface area contributed by atoms with E-state index in [1.54, 1.807) is 6.07 Å². The van der Waals surface area contributed by atoms with Gasteiger partial charge in [0.1, 0.15) is 0 Å². The largest absolute Gasteiger partial charge is 0.493 e. The first-order chi connectivity index (χ1) is 6.59. The number of rotatable bonds is 4. The summed E-state index contributed by atoms with van der Waals surface area (Å²) in [5.74, 6) is -0.0433. The van der Waals surface area contributed by atoms with Gasteiger partial charge in [0.25, 0.3) is 0 Å². The van der Waals surface area contributed by atoms with Crippen molar-refractivity contribution in [1.29, 1.82) is 0 Å². The van der Waals surface area contributed by atoms with E-state index in [1.807, 2.05) is 0 Å². The van der Waals surface area contributed by atoms with Crippen molar-refractivity contribution in [3.8, 4) is 11.5 Å². The summed E-state index contributed by atoms with van der Waals surface area (Å²) in [6.45, 7) is -1.87. The first-order valence-electron chi connectivity index (χ1n) is 3.85. The van der Waals surface area contributed by atoms with Crippen molar-refractivity contribution in [2.45, 2.75) is 6.11 Å². The molecule has 0 N–H and O–H groups in total. The van der Waals surface area contributed by atoms with Gasteiger partial charge in [0, 0.05) is 0 Å².